The summed E-state index contributed by atoms with van der Waals surface area (Å²) in [6.07, 6.45) is 0.0476. The lowest BCUT2D eigenvalue weighted by molar-refractivity contribution is -0.133. The fraction of sp³-hybridized carbons (Fsp3) is 0.308. The molecule has 1 aromatic rings. The summed E-state index contributed by atoms with van der Waals surface area (Å²) in [7, 11) is -0.857. The number of carboxylic acid groups (broad SMARTS) is 1. The summed E-state index contributed by atoms with van der Waals surface area (Å²) in [6, 6.07) is 4.04. The van der Waals surface area contributed by atoms with Gasteiger partial charge in [0.1, 0.15) is 12.4 Å². The van der Waals surface area contributed by atoms with Crippen molar-refractivity contribution in [3.05, 3.63) is 29.3 Å². The SMILES string of the molecule is CN(C)S(=O)(=O)c1ccc2c(c1)C=C(C(=O)O)C(CF)O2. The van der Waals surface area contributed by atoms with Gasteiger partial charge in [0.25, 0.3) is 0 Å². The molecule has 0 saturated heterocycles. The highest BCUT2D eigenvalue weighted by Gasteiger charge is 2.28. The van der Waals surface area contributed by atoms with Crippen molar-refractivity contribution >= 4 is 22.1 Å². The van der Waals surface area contributed by atoms with E-state index < -0.39 is 28.8 Å². The van der Waals surface area contributed by atoms with Gasteiger partial charge in [-0.2, -0.15) is 0 Å². The number of rotatable bonds is 4. The molecule has 1 aromatic carbocycles. The number of fused-ring (bicyclic) bond motifs is 1. The van der Waals surface area contributed by atoms with E-state index in [0.717, 1.165) is 4.31 Å². The summed E-state index contributed by atoms with van der Waals surface area (Å²) < 4.78 is 43.2. The van der Waals surface area contributed by atoms with E-state index in [1.807, 2.05) is 0 Å². The number of carbonyl (C=O) groups is 1. The Morgan fingerprint density at radius 3 is 2.62 bits per heavy atom. The molecule has 0 aliphatic carbocycles. The second-order valence-electron chi connectivity index (χ2n) is 4.65. The molecule has 1 atom stereocenters. The number of aliphatic carboxylic acids is 1. The maximum atomic E-state index is 12.8. The maximum absolute atomic E-state index is 12.8. The van der Waals surface area contributed by atoms with Crippen LogP contribution in [0.5, 0.6) is 5.75 Å². The molecule has 1 N–H and O–H groups in total. The molecule has 8 heteroatoms. The predicted molar refractivity (Wildman–Crippen MR) is 73.3 cm³/mol. The number of sulfonamides is 1. The molecule has 0 bridgehead atoms. The van der Waals surface area contributed by atoms with Crippen LogP contribution in [-0.2, 0) is 14.8 Å². The Balaban J connectivity index is 2.54. The summed E-state index contributed by atoms with van der Waals surface area (Å²) >= 11 is 0. The van der Waals surface area contributed by atoms with Crippen LogP contribution in [0.2, 0.25) is 0 Å². The number of nitrogens with zero attached hydrogens (tertiary/aromatic N) is 1. The van der Waals surface area contributed by atoms with E-state index in [-0.39, 0.29) is 16.2 Å². The highest BCUT2D eigenvalue weighted by molar-refractivity contribution is 7.89. The third kappa shape index (κ3) is 2.77. The first kappa shape index (κ1) is 15.5. The van der Waals surface area contributed by atoms with Crippen molar-refractivity contribution in [1.29, 1.82) is 0 Å². The highest BCUT2D eigenvalue weighted by atomic mass is 32.2. The number of hydrogen-bond donors (Lipinski definition) is 1. The van der Waals surface area contributed by atoms with E-state index in [1.165, 1.54) is 38.4 Å². The molecule has 1 aliphatic heterocycles. The summed E-state index contributed by atoms with van der Waals surface area (Å²) in [5.41, 5.74) is 0.0458. The first-order valence-electron chi connectivity index (χ1n) is 6.01. The molecule has 6 nitrogen and oxygen atoms in total. The minimum Gasteiger partial charge on any atom is -0.482 e. The van der Waals surface area contributed by atoms with E-state index in [0.29, 0.717) is 5.56 Å². The van der Waals surface area contributed by atoms with Crippen LogP contribution in [0.3, 0.4) is 0 Å². The second-order valence-corrected chi connectivity index (χ2v) is 6.80. The molecule has 0 saturated carbocycles. The Morgan fingerprint density at radius 2 is 2.10 bits per heavy atom. The van der Waals surface area contributed by atoms with Crippen molar-refractivity contribution in [2.24, 2.45) is 0 Å². The average molecular weight is 315 g/mol. The molecule has 0 amide bonds. The Labute approximate surface area is 121 Å². The Morgan fingerprint density at radius 1 is 1.43 bits per heavy atom. The van der Waals surface area contributed by atoms with Gasteiger partial charge in [-0.3, -0.25) is 0 Å². The lowest BCUT2D eigenvalue weighted by atomic mass is 10.0. The number of alkyl halides is 1. The molecule has 0 spiro atoms. The average Bonchev–Trinajstić information content (AvgIpc) is 2.44. The van der Waals surface area contributed by atoms with Crippen LogP contribution in [0.25, 0.3) is 6.08 Å². The van der Waals surface area contributed by atoms with Crippen molar-refractivity contribution in [3.8, 4) is 5.75 Å². The molecule has 0 fully saturated rings. The Bertz CT molecular complexity index is 711. The van der Waals surface area contributed by atoms with Gasteiger partial charge < -0.3 is 9.84 Å². The van der Waals surface area contributed by atoms with Gasteiger partial charge in [-0.25, -0.2) is 21.9 Å². The number of benzene rings is 1. The fourth-order valence-corrected chi connectivity index (χ4v) is 2.85. The first-order chi connectivity index (χ1) is 9.77. The zero-order valence-corrected chi connectivity index (χ0v) is 12.2. The first-order valence-corrected chi connectivity index (χ1v) is 7.45. The van der Waals surface area contributed by atoms with Gasteiger partial charge in [0, 0.05) is 19.7 Å². The summed E-state index contributed by atoms with van der Waals surface area (Å²) in [5.74, 6) is -1.05. The van der Waals surface area contributed by atoms with Crippen molar-refractivity contribution in [3.63, 3.8) is 0 Å². The van der Waals surface area contributed by atoms with E-state index in [2.05, 4.69) is 0 Å². The Kier molecular flexibility index (Phi) is 4.02. The molecule has 1 unspecified atom stereocenters. The van der Waals surface area contributed by atoms with Crippen LogP contribution in [-0.4, -0.2) is 50.7 Å². The number of hydrogen-bond acceptors (Lipinski definition) is 4. The molecule has 114 valence electrons. The van der Waals surface area contributed by atoms with Crippen LogP contribution in [0, 0.1) is 0 Å². The summed E-state index contributed by atoms with van der Waals surface area (Å²) in [6.45, 7) is -0.977. The van der Waals surface area contributed by atoms with Crippen LogP contribution in [0.15, 0.2) is 28.7 Å². The lowest BCUT2D eigenvalue weighted by Gasteiger charge is -2.23. The molecule has 0 aromatic heterocycles. The van der Waals surface area contributed by atoms with Gasteiger partial charge in [-0.15, -0.1) is 0 Å². The second kappa shape index (κ2) is 5.45. The van der Waals surface area contributed by atoms with Gasteiger partial charge in [-0.05, 0) is 24.3 Å². The zero-order chi connectivity index (χ0) is 15.8. The number of ether oxygens (including phenoxy) is 1. The van der Waals surface area contributed by atoms with Crippen molar-refractivity contribution < 1.29 is 27.4 Å². The zero-order valence-electron chi connectivity index (χ0n) is 11.4. The van der Waals surface area contributed by atoms with E-state index in [1.54, 1.807) is 0 Å². The van der Waals surface area contributed by atoms with Crippen LogP contribution in [0.1, 0.15) is 5.56 Å². The Hall–Kier alpha value is -1.93. The molecule has 21 heavy (non-hydrogen) atoms. The largest absolute Gasteiger partial charge is 0.482 e. The van der Waals surface area contributed by atoms with Crippen molar-refractivity contribution in [1.82, 2.24) is 4.31 Å². The smallest absolute Gasteiger partial charge is 0.335 e. The molecule has 0 radical (unpaired) electrons. The normalized spacial score (nSPS) is 17.9. The maximum Gasteiger partial charge on any atom is 0.335 e. The van der Waals surface area contributed by atoms with Crippen LogP contribution in [0.4, 0.5) is 4.39 Å². The van der Waals surface area contributed by atoms with E-state index >= 15 is 0 Å². The third-order valence-electron chi connectivity index (χ3n) is 3.07. The van der Waals surface area contributed by atoms with E-state index in [9.17, 15) is 17.6 Å². The van der Waals surface area contributed by atoms with Gasteiger partial charge in [-0.1, -0.05) is 0 Å². The third-order valence-corrected chi connectivity index (χ3v) is 4.89. The molecular formula is C13H14FNO5S. The highest BCUT2D eigenvalue weighted by Crippen LogP contribution is 2.32. The summed E-state index contributed by atoms with van der Waals surface area (Å²) in [4.78, 5) is 11.1. The monoisotopic (exact) mass is 315 g/mol. The fourth-order valence-electron chi connectivity index (χ4n) is 1.91. The van der Waals surface area contributed by atoms with Gasteiger partial charge in [0.15, 0.2) is 6.10 Å². The number of halogens is 1. The topological polar surface area (TPSA) is 83.9 Å². The number of carboxylic acids is 1. The van der Waals surface area contributed by atoms with Crippen molar-refractivity contribution in [2.75, 3.05) is 20.8 Å². The van der Waals surface area contributed by atoms with Crippen molar-refractivity contribution in [2.45, 2.75) is 11.0 Å². The standard InChI is InChI=1S/C13H14FNO5S/c1-15(2)21(18,19)9-3-4-11-8(5-9)6-10(13(16)17)12(7-14)20-11/h3-6,12H,7H2,1-2H3,(H,16,17). The minimum absolute atomic E-state index is 0.00883. The van der Waals surface area contributed by atoms with E-state index in [4.69, 9.17) is 9.84 Å². The van der Waals surface area contributed by atoms with Gasteiger partial charge >= 0.3 is 5.97 Å². The predicted octanol–water partition coefficient (Wildman–Crippen LogP) is 1.14. The van der Waals surface area contributed by atoms with Gasteiger partial charge in [0.05, 0.1) is 10.5 Å². The molecule has 1 heterocycles. The quantitative estimate of drug-likeness (QED) is 0.900. The van der Waals surface area contributed by atoms with Crippen LogP contribution < -0.4 is 4.74 Å². The lowest BCUT2D eigenvalue weighted by Crippen LogP contribution is -2.29. The molecule has 1 aliphatic rings. The van der Waals surface area contributed by atoms with Crippen LogP contribution >= 0.6 is 0 Å². The minimum atomic E-state index is -3.64. The molecule has 2 rings (SSSR count). The van der Waals surface area contributed by atoms with Gasteiger partial charge in [0.2, 0.25) is 10.0 Å². The molecular weight excluding hydrogens is 301 g/mol. The summed E-state index contributed by atoms with van der Waals surface area (Å²) in [5, 5.41) is 9.04.